The van der Waals surface area contributed by atoms with Crippen molar-refractivity contribution >= 4 is 27.7 Å². The molecule has 0 unspecified atom stereocenters. The number of carbonyl (C=O) groups is 2. The molecule has 138 valence electrons. The Morgan fingerprint density at radius 1 is 1.11 bits per heavy atom. The smallest absolute Gasteiger partial charge is 0.261 e. The predicted molar refractivity (Wildman–Crippen MR) is 105 cm³/mol. The number of nitriles is 1. The van der Waals surface area contributed by atoms with Crippen LogP contribution < -0.4 is 4.74 Å². The summed E-state index contributed by atoms with van der Waals surface area (Å²) in [6.45, 7) is 4.21. The van der Waals surface area contributed by atoms with E-state index in [-0.39, 0.29) is 24.3 Å². The van der Waals surface area contributed by atoms with Gasteiger partial charge in [-0.05, 0) is 42.7 Å². The molecular weight excluding hydrogens is 408 g/mol. The quantitative estimate of drug-likeness (QED) is 0.641. The summed E-state index contributed by atoms with van der Waals surface area (Å²) in [6, 6.07) is 13.7. The largest absolute Gasteiger partial charge is 0.490 e. The zero-order chi connectivity index (χ0) is 19.6. The molecular formula is C21H19BrN2O3. The molecule has 3 rings (SSSR count). The minimum Gasteiger partial charge on any atom is -0.490 e. The lowest BCUT2D eigenvalue weighted by Gasteiger charge is -2.27. The van der Waals surface area contributed by atoms with Crippen molar-refractivity contribution in [2.75, 3.05) is 6.61 Å². The highest BCUT2D eigenvalue weighted by molar-refractivity contribution is 9.10. The number of hydrogen-bond donors (Lipinski definition) is 0. The predicted octanol–water partition coefficient (Wildman–Crippen LogP) is 4.41. The van der Waals surface area contributed by atoms with E-state index < -0.39 is 6.04 Å². The van der Waals surface area contributed by atoms with Crippen LogP contribution in [-0.2, 0) is 0 Å². The number of carbonyl (C=O) groups excluding carboxylic acids is 2. The van der Waals surface area contributed by atoms with Crippen molar-refractivity contribution < 1.29 is 14.3 Å². The number of fused-ring (bicyclic) bond motifs is 1. The average molecular weight is 427 g/mol. The second-order valence-electron chi connectivity index (χ2n) is 6.87. The van der Waals surface area contributed by atoms with E-state index in [9.17, 15) is 14.9 Å². The zero-order valence-corrected chi connectivity index (χ0v) is 16.7. The lowest BCUT2D eigenvalue weighted by molar-refractivity contribution is 0.0507. The highest BCUT2D eigenvalue weighted by Gasteiger charge is 2.40. The summed E-state index contributed by atoms with van der Waals surface area (Å²) in [5.74, 6) is 0.122. The molecule has 0 spiro atoms. The molecule has 0 saturated heterocycles. The normalized spacial score (nSPS) is 14.3. The maximum absolute atomic E-state index is 12.8. The fourth-order valence-corrected chi connectivity index (χ4v) is 3.59. The third-order valence-electron chi connectivity index (χ3n) is 4.43. The average Bonchev–Trinajstić information content (AvgIpc) is 2.90. The SMILES string of the molecule is CC(C)C[C@@H](COc1ccc(Br)cc1C#N)N1C(=O)c2ccccc2C1=O. The van der Waals surface area contributed by atoms with E-state index in [1.165, 1.54) is 4.90 Å². The van der Waals surface area contributed by atoms with Gasteiger partial charge in [-0.2, -0.15) is 5.26 Å². The van der Waals surface area contributed by atoms with Crippen LogP contribution in [0.1, 0.15) is 46.5 Å². The number of imide groups is 1. The maximum atomic E-state index is 12.8. The first kappa shape index (κ1) is 19.1. The van der Waals surface area contributed by atoms with Crippen molar-refractivity contribution in [2.24, 2.45) is 5.92 Å². The Morgan fingerprint density at radius 3 is 2.30 bits per heavy atom. The van der Waals surface area contributed by atoms with Crippen LogP contribution in [0.2, 0.25) is 0 Å². The van der Waals surface area contributed by atoms with Crippen molar-refractivity contribution in [2.45, 2.75) is 26.3 Å². The lowest BCUT2D eigenvalue weighted by atomic mass is 10.0. The molecule has 1 heterocycles. The number of hydrogen-bond acceptors (Lipinski definition) is 4. The van der Waals surface area contributed by atoms with Crippen molar-refractivity contribution in [1.29, 1.82) is 5.26 Å². The van der Waals surface area contributed by atoms with Gasteiger partial charge in [0.05, 0.1) is 22.7 Å². The molecule has 0 aliphatic carbocycles. The molecule has 1 atom stereocenters. The van der Waals surface area contributed by atoms with Crippen LogP contribution in [0.3, 0.4) is 0 Å². The number of halogens is 1. The molecule has 2 aromatic carbocycles. The van der Waals surface area contributed by atoms with E-state index in [2.05, 4.69) is 22.0 Å². The Labute approximate surface area is 166 Å². The molecule has 27 heavy (non-hydrogen) atoms. The lowest BCUT2D eigenvalue weighted by Crippen LogP contribution is -2.44. The van der Waals surface area contributed by atoms with Gasteiger partial charge in [-0.3, -0.25) is 14.5 Å². The van der Waals surface area contributed by atoms with Gasteiger partial charge in [0.15, 0.2) is 0 Å². The first-order chi connectivity index (χ1) is 12.9. The van der Waals surface area contributed by atoms with Gasteiger partial charge in [-0.1, -0.05) is 41.9 Å². The third kappa shape index (κ3) is 3.88. The fraction of sp³-hybridized carbons (Fsp3) is 0.286. The summed E-state index contributed by atoms with van der Waals surface area (Å²) in [5, 5.41) is 9.30. The molecule has 0 fully saturated rings. The Balaban J connectivity index is 1.85. The summed E-state index contributed by atoms with van der Waals surface area (Å²) in [7, 11) is 0. The van der Waals surface area contributed by atoms with E-state index >= 15 is 0 Å². The van der Waals surface area contributed by atoms with Gasteiger partial charge >= 0.3 is 0 Å². The molecule has 0 radical (unpaired) electrons. The standard InChI is InChI=1S/C21H19BrN2O3/c1-13(2)9-16(12-27-19-8-7-15(22)10-14(19)11-23)24-20(25)17-5-3-4-6-18(17)21(24)26/h3-8,10,13,16H,9,12H2,1-2H3/t16-/m0/s1. The van der Waals surface area contributed by atoms with Crippen LogP contribution in [0.4, 0.5) is 0 Å². The number of rotatable bonds is 6. The Morgan fingerprint density at radius 2 is 1.74 bits per heavy atom. The van der Waals surface area contributed by atoms with Crippen molar-refractivity contribution in [1.82, 2.24) is 4.90 Å². The van der Waals surface area contributed by atoms with Crippen LogP contribution in [0.5, 0.6) is 5.75 Å². The van der Waals surface area contributed by atoms with Gasteiger partial charge < -0.3 is 4.74 Å². The highest BCUT2D eigenvalue weighted by atomic mass is 79.9. The molecule has 6 heteroatoms. The number of amides is 2. The first-order valence-corrected chi connectivity index (χ1v) is 9.51. The number of nitrogens with zero attached hydrogens (tertiary/aromatic N) is 2. The van der Waals surface area contributed by atoms with E-state index in [0.29, 0.717) is 28.9 Å². The molecule has 0 bridgehead atoms. The first-order valence-electron chi connectivity index (χ1n) is 8.71. The molecule has 1 aliphatic heterocycles. The van der Waals surface area contributed by atoms with Gasteiger partial charge in [-0.25, -0.2) is 0 Å². The fourth-order valence-electron chi connectivity index (χ4n) is 3.23. The van der Waals surface area contributed by atoms with Crippen LogP contribution in [0.25, 0.3) is 0 Å². The van der Waals surface area contributed by atoms with E-state index in [0.717, 1.165) is 4.47 Å². The molecule has 2 aromatic rings. The van der Waals surface area contributed by atoms with Gasteiger partial charge in [0.1, 0.15) is 18.4 Å². The zero-order valence-electron chi connectivity index (χ0n) is 15.1. The topological polar surface area (TPSA) is 70.4 Å². The monoisotopic (exact) mass is 426 g/mol. The van der Waals surface area contributed by atoms with Crippen LogP contribution in [-0.4, -0.2) is 29.4 Å². The summed E-state index contributed by atoms with van der Waals surface area (Å²) in [6.07, 6.45) is 0.615. The Kier molecular flexibility index (Phi) is 5.62. The van der Waals surface area contributed by atoms with Crippen LogP contribution in [0.15, 0.2) is 46.9 Å². The van der Waals surface area contributed by atoms with E-state index in [4.69, 9.17) is 4.74 Å². The highest BCUT2D eigenvalue weighted by Crippen LogP contribution is 2.28. The molecule has 0 N–H and O–H groups in total. The van der Waals surface area contributed by atoms with Crippen LogP contribution >= 0.6 is 15.9 Å². The summed E-state index contributed by atoms with van der Waals surface area (Å²) < 4.78 is 6.65. The second-order valence-corrected chi connectivity index (χ2v) is 7.79. The van der Waals surface area contributed by atoms with Crippen molar-refractivity contribution in [3.05, 3.63) is 63.6 Å². The molecule has 1 aliphatic rings. The minimum atomic E-state index is -0.410. The summed E-state index contributed by atoms with van der Waals surface area (Å²) in [4.78, 5) is 26.9. The summed E-state index contributed by atoms with van der Waals surface area (Å²) >= 11 is 3.33. The van der Waals surface area contributed by atoms with Crippen molar-refractivity contribution in [3.8, 4) is 11.8 Å². The molecule has 0 aromatic heterocycles. The minimum absolute atomic E-state index is 0.139. The molecule has 2 amide bonds. The van der Waals surface area contributed by atoms with Gasteiger partial charge in [-0.15, -0.1) is 0 Å². The Hall–Kier alpha value is -2.65. The maximum Gasteiger partial charge on any atom is 0.261 e. The second kappa shape index (κ2) is 7.93. The van der Waals surface area contributed by atoms with E-state index in [1.807, 2.05) is 13.8 Å². The van der Waals surface area contributed by atoms with Crippen LogP contribution in [0, 0.1) is 17.2 Å². The number of ether oxygens (including phenoxy) is 1. The molecule has 5 nitrogen and oxygen atoms in total. The molecule has 0 saturated carbocycles. The number of benzene rings is 2. The third-order valence-corrected chi connectivity index (χ3v) is 4.92. The Bertz CT molecular complexity index is 898. The van der Waals surface area contributed by atoms with Gasteiger partial charge in [0.25, 0.3) is 11.8 Å². The summed E-state index contributed by atoms with van der Waals surface area (Å²) in [5.41, 5.74) is 1.25. The van der Waals surface area contributed by atoms with Gasteiger partial charge in [0.2, 0.25) is 0 Å². The van der Waals surface area contributed by atoms with Gasteiger partial charge in [0, 0.05) is 4.47 Å². The van der Waals surface area contributed by atoms with Crippen molar-refractivity contribution in [3.63, 3.8) is 0 Å². The van der Waals surface area contributed by atoms with E-state index in [1.54, 1.807) is 42.5 Å².